The van der Waals surface area contributed by atoms with Crippen molar-refractivity contribution in [1.82, 2.24) is 15.8 Å². The zero-order valence-corrected chi connectivity index (χ0v) is 14.7. The van der Waals surface area contributed by atoms with Crippen LogP contribution < -0.4 is 16.6 Å². The number of hydrogen-bond acceptors (Lipinski definition) is 4. The van der Waals surface area contributed by atoms with Gasteiger partial charge >= 0.3 is 0 Å². The van der Waals surface area contributed by atoms with Crippen molar-refractivity contribution in [3.05, 3.63) is 35.9 Å². The molecule has 0 saturated carbocycles. The van der Waals surface area contributed by atoms with Gasteiger partial charge in [-0.3, -0.25) is 15.1 Å². The van der Waals surface area contributed by atoms with Crippen LogP contribution >= 0.6 is 24.8 Å². The van der Waals surface area contributed by atoms with Gasteiger partial charge in [-0.05, 0) is 24.3 Å². The number of amides is 1. The molecular weight excluding hydrogens is 335 g/mol. The van der Waals surface area contributed by atoms with Crippen LogP contribution in [-0.4, -0.2) is 36.0 Å². The number of nitrogens with zero attached hydrogens (tertiary/aromatic N) is 1. The van der Waals surface area contributed by atoms with Gasteiger partial charge in [-0.1, -0.05) is 30.3 Å². The normalized spacial score (nSPS) is 27.2. The van der Waals surface area contributed by atoms with Gasteiger partial charge in [0.25, 0.3) is 0 Å². The Balaban J connectivity index is 0.00000132. The van der Waals surface area contributed by atoms with Gasteiger partial charge in [-0.25, -0.2) is 5.43 Å². The van der Waals surface area contributed by atoms with E-state index in [0.29, 0.717) is 12.3 Å². The largest absolute Gasteiger partial charge is 0.326 e. The fourth-order valence-electron chi connectivity index (χ4n) is 3.36. The Kier molecular flexibility index (Phi) is 8.29. The molecule has 0 bridgehead atoms. The molecule has 0 spiro atoms. The lowest BCUT2D eigenvalue weighted by molar-refractivity contribution is -0.119. The fraction of sp³-hybridized carbons (Fsp3) is 0.562. The standard InChI is InChI=1S/C16H24N4O.2ClH/c17-15-11-20(9-12-4-2-1-3-5-12)10-13(15)6-7-14-8-16(21)19-18-14;;/h1-5,13-15,18H,6-11,17H2,(H,19,21);2*1H/t13-,14?,15+;;/m1../s1. The lowest BCUT2D eigenvalue weighted by atomic mass is 9.95. The van der Waals surface area contributed by atoms with Crippen LogP contribution in [0, 0.1) is 5.92 Å². The Morgan fingerprint density at radius 2 is 1.87 bits per heavy atom. The average Bonchev–Trinajstić information content (AvgIpc) is 3.04. The highest BCUT2D eigenvalue weighted by Crippen LogP contribution is 2.23. The third-order valence-electron chi connectivity index (χ3n) is 4.55. The van der Waals surface area contributed by atoms with E-state index >= 15 is 0 Å². The minimum absolute atomic E-state index is 0. The summed E-state index contributed by atoms with van der Waals surface area (Å²) in [7, 11) is 0. The molecule has 1 aromatic rings. The summed E-state index contributed by atoms with van der Waals surface area (Å²) in [5, 5.41) is 0. The van der Waals surface area contributed by atoms with Gasteiger partial charge in [0.2, 0.25) is 5.91 Å². The first-order chi connectivity index (χ1) is 10.2. The van der Waals surface area contributed by atoms with Gasteiger partial charge in [0.05, 0.1) is 0 Å². The molecule has 3 rings (SSSR count). The molecule has 0 aliphatic carbocycles. The summed E-state index contributed by atoms with van der Waals surface area (Å²) in [4.78, 5) is 13.6. The van der Waals surface area contributed by atoms with E-state index in [1.54, 1.807) is 0 Å². The maximum Gasteiger partial charge on any atom is 0.235 e. The molecule has 2 saturated heterocycles. The molecule has 2 fully saturated rings. The third-order valence-corrected chi connectivity index (χ3v) is 4.55. The van der Waals surface area contributed by atoms with E-state index in [9.17, 15) is 4.79 Å². The maximum atomic E-state index is 11.2. The van der Waals surface area contributed by atoms with Crippen LogP contribution in [0.15, 0.2) is 30.3 Å². The molecule has 3 atom stereocenters. The highest BCUT2D eigenvalue weighted by Gasteiger charge is 2.31. The topological polar surface area (TPSA) is 70.4 Å². The Bertz CT molecular complexity index is 488. The average molecular weight is 361 g/mol. The molecule has 4 N–H and O–H groups in total. The molecule has 5 nitrogen and oxygen atoms in total. The zero-order valence-electron chi connectivity index (χ0n) is 13.1. The minimum atomic E-state index is 0. The van der Waals surface area contributed by atoms with Crippen molar-refractivity contribution in [2.24, 2.45) is 11.7 Å². The van der Waals surface area contributed by atoms with Crippen molar-refractivity contribution in [1.29, 1.82) is 0 Å². The van der Waals surface area contributed by atoms with E-state index in [1.807, 2.05) is 6.07 Å². The molecule has 7 heteroatoms. The van der Waals surface area contributed by atoms with Crippen molar-refractivity contribution in [2.45, 2.75) is 37.9 Å². The summed E-state index contributed by atoms with van der Waals surface area (Å²) in [5.74, 6) is 0.632. The highest BCUT2D eigenvalue weighted by atomic mass is 35.5. The maximum absolute atomic E-state index is 11.2. The van der Waals surface area contributed by atoms with Crippen LogP contribution in [0.4, 0.5) is 0 Å². The minimum Gasteiger partial charge on any atom is -0.326 e. The van der Waals surface area contributed by atoms with E-state index < -0.39 is 0 Å². The molecule has 1 aromatic carbocycles. The number of carbonyl (C=O) groups excluding carboxylic acids is 1. The van der Waals surface area contributed by atoms with Crippen LogP contribution in [0.2, 0.25) is 0 Å². The predicted molar refractivity (Wildman–Crippen MR) is 96.6 cm³/mol. The molecule has 1 unspecified atom stereocenters. The van der Waals surface area contributed by atoms with Crippen molar-refractivity contribution in [2.75, 3.05) is 13.1 Å². The summed E-state index contributed by atoms with van der Waals surface area (Å²) >= 11 is 0. The van der Waals surface area contributed by atoms with Crippen molar-refractivity contribution < 1.29 is 4.79 Å². The van der Waals surface area contributed by atoms with E-state index in [0.717, 1.165) is 32.5 Å². The first-order valence-corrected chi connectivity index (χ1v) is 7.77. The Hall–Kier alpha value is -0.850. The molecule has 130 valence electrons. The van der Waals surface area contributed by atoms with Crippen molar-refractivity contribution in [3.63, 3.8) is 0 Å². The van der Waals surface area contributed by atoms with Gasteiger partial charge in [0.15, 0.2) is 0 Å². The number of carbonyl (C=O) groups is 1. The Morgan fingerprint density at radius 1 is 1.13 bits per heavy atom. The number of hydrogen-bond donors (Lipinski definition) is 3. The lowest BCUT2D eigenvalue weighted by Gasteiger charge is -2.17. The molecule has 23 heavy (non-hydrogen) atoms. The first-order valence-electron chi connectivity index (χ1n) is 7.77. The molecule has 2 aliphatic heterocycles. The molecular formula is C16H26Cl2N4O. The third kappa shape index (κ3) is 5.62. The van der Waals surface area contributed by atoms with Gasteiger partial charge in [0, 0.05) is 38.1 Å². The first kappa shape index (κ1) is 20.2. The molecule has 0 radical (unpaired) electrons. The summed E-state index contributed by atoms with van der Waals surface area (Å²) in [5.41, 5.74) is 13.3. The second kappa shape index (κ2) is 9.45. The molecule has 2 heterocycles. The Labute approximate surface area is 150 Å². The van der Waals surface area contributed by atoms with Crippen molar-refractivity contribution >= 4 is 30.7 Å². The number of hydrazine groups is 1. The summed E-state index contributed by atoms with van der Waals surface area (Å²) in [6.07, 6.45) is 2.69. The van der Waals surface area contributed by atoms with Crippen molar-refractivity contribution in [3.8, 4) is 0 Å². The van der Waals surface area contributed by atoms with Gasteiger partial charge in [0.1, 0.15) is 0 Å². The molecule has 0 aromatic heterocycles. The Morgan fingerprint density at radius 3 is 2.52 bits per heavy atom. The lowest BCUT2D eigenvalue weighted by Crippen LogP contribution is -2.33. The number of benzene rings is 1. The fourth-order valence-corrected chi connectivity index (χ4v) is 3.36. The number of nitrogens with two attached hydrogens (primary N) is 1. The smallest absolute Gasteiger partial charge is 0.235 e. The van der Waals surface area contributed by atoms with Crippen LogP contribution in [0.5, 0.6) is 0 Å². The van der Waals surface area contributed by atoms with Crippen LogP contribution in [0.3, 0.4) is 0 Å². The van der Waals surface area contributed by atoms with Gasteiger partial charge in [-0.15, -0.1) is 24.8 Å². The predicted octanol–water partition coefficient (Wildman–Crippen LogP) is 1.46. The van der Waals surface area contributed by atoms with Crippen LogP contribution in [-0.2, 0) is 11.3 Å². The van der Waals surface area contributed by atoms with Crippen LogP contribution in [0.1, 0.15) is 24.8 Å². The van der Waals surface area contributed by atoms with Gasteiger partial charge < -0.3 is 5.73 Å². The zero-order chi connectivity index (χ0) is 14.7. The number of nitrogens with one attached hydrogen (secondary N) is 2. The molecule has 1 amide bonds. The second-order valence-electron chi connectivity index (χ2n) is 6.27. The number of likely N-dealkylation sites (tertiary alicyclic amines) is 1. The summed E-state index contributed by atoms with van der Waals surface area (Å²) in [6, 6.07) is 11.1. The number of halogens is 2. The summed E-state index contributed by atoms with van der Waals surface area (Å²) < 4.78 is 0. The number of rotatable bonds is 5. The van der Waals surface area contributed by atoms with E-state index in [2.05, 4.69) is 40.0 Å². The highest BCUT2D eigenvalue weighted by molar-refractivity contribution is 5.85. The van der Waals surface area contributed by atoms with E-state index in [-0.39, 0.29) is 42.8 Å². The SMILES string of the molecule is Cl.Cl.N[C@H]1CN(Cc2ccccc2)C[C@H]1CCC1CC(=O)NN1. The van der Waals surface area contributed by atoms with E-state index in [4.69, 9.17) is 5.73 Å². The van der Waals surface area contributed by atoms with Gasteiger partial charge in [-0.2, -0.15) is 0 Å². The monoisotopic (exact) mass is 360 g/mol. The quantitative estimate of drug-likeness (QED) is 0.743. The summed E-state index contributed by atoms with van der Waals surface area (Å²) in [6.45, 7) is 3.01. The second-order valence-corrected chi connectivity index (χ2v) is 6.27. The van der Waals surface area contributed by atoms with Crippen LogP contribution in [0.25, 0.3) is 0 Å². The van der Waals surface area contributed by atoms with E-state index in [1.165, 1.54) is 5.56 Å². The molecule has 2 aliphatic rings.